The largest absolute Gasteiger partial charge is 0.497 e. The molecule has 2 aromatic heterocycles. The van der Waals surface area contributed by atoms with Crippen LogP contribution in [0, 0.1) is 6.92 Å². The molecule has 0 radical (unpaired) electrons. The Hall–Kier alpha value is -2.86. The minimum Gasteiger partial charge on any atom is -0.497 e. The first-order valence-corrected chi connectivity index (χ1v) is 9.00. The summed E-state index contributed by atoms with van der Waals surface area (Å²) in [5, 5.41) is 0. The Balaban J connectivity index is 1.54. The van der Waals surface area contributed by atoms with E-state index in [0.29, 0.717) is 11.6 Å². The average molecular weight is 365 g/mol. The van der Waals surface area contributed by atoms with E-state index in [4.69, 9.17) is 18.9 Å². The molecule has 140 valence electrons. The number of rotatable bonds is 5. The van der Waals surface area contributed by atoms with E-state index < -0.39 is 0 Å². The first-order chi connectivity index (χ1) is 13.2. The van der Waals surface area contributed by atoms with Gasteiger partial charge in [0, 0.05) is 49.4 Å². The number of aromatic nitrogens is 2. The van der Waals surface area contributed by atoms with Gasteiger partial charge in [0.05, 0.1) is 26.2 Å². The second-order valence-electron chi connectivity index (χ2n) is 6.73. The van der Waals surface area contributed by atoms with E-state index in [2.05, 4.69) is 22.9 Å². The lowest BCUT2D eigenvalue weighted by Crippen LogP contribution is -2.31. The maximum absolute atomic E-state index is 5.59. The van der Waals surface area contributed by atoms with Gasteiger partial charge in [0.2, 0.25) is 0 Å². The molecule has 0 saturated heterocycles. The van der Waals surface area contributed by atoms with Crippen molar-refractivity contribution >= 4 is 0 Å². The first kappa shape index (κ1) is 17.5. The standard InChI is InChI=1S/C21H23N3O3/c1-14-9-16(25-2)10-20(26-3)17(14)13-24-7-6-18-15(12-24)11-22-21(23-18)19-5-4-8-27-19/h4-5,8-11H,6-7,12-13H2,1-3H3. The van der Waals surface area contributed by atoms with Crippen LogP contribution in [0.3, 0.4) is 0 Å². The van der Waals surface area contributed by atoms with Crippen molar-refractivity contribution in [3.05, 3.63) is 59.1 Å². The summed E-state index contributed by atoms with van der Waals surface area (Å²) < 4.78 is 16.4. The topological polar surface area (TPSA) is 60.6 Å². The Morgan fingerprint density at radius 1 is 1.22 bits per heavy atom. The fraction of sp³-hybridized carbons (Fsp3) is 0.333. The van der Waals surface area contributed by atoms with E-state index in [0.717, 1.165) is 43.2 Å². The van der Waals surface area contributed by atoms with Crippen molar-refractivity contribution in [2.75, 3.05) is 20.8 Å². The highest BCUT2D eigenvalue weighted by molar-refractivity contribution is 5.48. The van der Waals surface area contributed by atoms with Crippen molar-refractivity contribution in [3.63, 3.8) is 0 Å². The molecule has 0 saturated carbocycles. The highest BCUT2D eigenvalue weighted by atomic mass is 16.5. The van der Waals surface area contributed by atoms with Crippen LogP contribution in [-0.4, -0.2) is 35.6 Å². The van der Waals surface area contributed by atoms with Gasteiger partial charge in [-0.15, -0.1) is 0 Å². The fourth-order valence-corrected chi connectivity index (χ4v) is 3.51. The highest BCUT2D eigenvalue weighted by Crippen LogP contribution is 2.31. The van der Waals surface area contributed by atoms with Crippen LogP contribution in [-0.2, 0) is 19.5 Å². The van der Waals surface area contributed by atoms with Gasteiger partial charge in [-0.1, -0.05) is 0 Å². The van der Waals surface area contributed by atoms with Gasteiger partial charge < -0.3 is 13.9 Å². The number of hydrogen-bond donors (Lipinski definition) is 0. The van der Waals surface area contributed by atoms with E-state index >= 15 is 0 Å². The van der Waals surface area contributed by atoms with Gasteiger partial charge in [-0.3, -0.25) is 4.90 Å². The summed E-state index contributed by atoms with van der Waals surface area (Å²) in [6.07, 6.45) is 4.46. The van der Waals surface area contributed by atoms with Crippen LogP contribution in [0.15, 0.2) is 41.1 Å². The van der Waals surface area contributed by atoms with E-state index in [-0.39, 0.29) is 0 Å². The fourth-order valence-electron chi connectivity index (χ4n) is 3.51. The molecule has 27 heavy (non-hydrogen) atoms. The van der Waals surface area contributed by atoms with Crippen LogP contribution >= 0.6 is 0 Å². The molecule has 1 aliphatic rings. The summed E-state index contributed by atoms with van der Waals surface area (Å²) in [5.74, 6) is 3.04. The SMILES string of the molecule is COc1cc(C)c(CN2CCc3nc(-c4ccco4)ncc3C2)c(OC)c1. The molecule has 6 nitrogen and oxygen atoms in total. The summed E-state index contributed by atoms with van der Waals surface area (Å²) >= 11 is 0. The van der Waals surface area contributed by atoms with Gasteiger partial charge >= 0.3 is 0 Å². The number of methoxy groups -OCH3 is 2. The van der Waals surface area contributed by atoms with Gasteiger partial charge in [-0.25, -0.2) is 9.97 Å². The van der Waals surface area contributed by atoms with E-state index in [9.17, 15) is 0 Å². The van der Waals surface area contributed by atoms with Crippen molar-refractivity contribution in [2.24, 2.45) is 0 Å². The predicted octanol–water partition coefficient (Wildman–Crippen LogP) is 3.62. The minimum absolute atomic E-state index is 0.653. The minimum atomic E-state index is 0.653. The van der Waals surface area contributed by atoms with Crippen LogP contribution in [0.5, 0.6) is 11.5 Å². The number of benzene rings is 1. The number of fused-ring (bicyclic) bond motifs is 1. The molecular formula is C21H23N3O3. The molecule has 3 aromatic rings. The van der Waals surface area contributed by atoms with Crippen molar-refractivity contribution in [1.29, 1.82) is 0 Å². The Labute approximate surface area is 158 Å². The number of hydrogen-bond acceptors (Lipinski definition) is 6. The summed E-state index contributed by atoms with van der Waals surface area (Å²) in [6, 6.07) is 7.73. The van der Waals surface area contributed by atoms with Crippen LogP contribution in [0.25, 0.3) is 11.6 Å². The molecule has 0 bridgehead atoms. The number of nitrogens with zero attached hydrogens (tertiary/aromatic N) is 3. The molecule has 6 heteroatoms. The number of furan rings is 1. The summed E-state index contributed by atoms with van der Waals surface area (Å²) in [4.78, 5) is 11.6. The second-order valence-corrected chi connectivity index (χ2v) is 6.73. The van der Waals surface area contributed by atoms with Crippen LogP contribution in [0.2, 0.25) is 0 Å². The molecule has 0 fully saturated rings. The lowest BCUT2D eigenvalue weighted by Gasteiger charge is -2.29. The van der Waals surface area contributed by atoms with E-state index in [1.54, 1.807) is 20.5 Å². The van der Waals surface area contributed by atoms with Crippen molar-refractivity contribution < 1.29 is 13.9 Å². The van der Waals surface area contributed by atoms with Crippen molar-refractivity contribution in [2.45, 2.75) is 26.4 Å². The van der Waals surface area contributed by atoms with Gasteiger partial charge in [-0.05, 0) is 30.7 Å². The van der Waals surface area contributed by atoms with Gasteiger partial charge in [-0.2, -0.15) is 0 Å². The molecule has 3 heterocycles. The van der Waals surface area contributed by atoms with Gasteiger partial charge in [0.15, 0.2) is 11.6 Å². The molecule has 0 N–H and O–H groups in total. The monoisotopic (exact) mass is 365 g/mol. The molecule has 4 rings (SSSR count). The third kappa shape index (κ3) is 3.53. The van der Waals surface area contributed by atoms with Crippen LogP contribution in [0.1, 0.15) is 22.4 Å². The van der Waals surface area contributed by atoms with Crippen molar-refractivity contribution in [1.82, 2.24) is 14.9 Å². The van der Waals surface area contributed by atoms with E-state index in [1.165, 1.54) is 16.7 Å². The number of ether oxygens (including phenoxy) is 2. The van der Waals surface area contributed by atoms with Crippen molar-refractivity contribution in [3.8, 4) is 23.1 Å². The lowest BCUT2D eigenvalue weighted by atomic mass is 10.0. The molecule has 0 aliphatic carbocycles. The Bertz CT molecular complexity index is 938. The Morgan fingerprint density at radius 3 is 2.85 bits per heavy atom. The zero-order valence-corrected chi connectivity index (χ0v) is 15.9. The average Bonchev–Trinajstić information content (AvgIpc) is 3.23. The molecule has 0 atom stereocenters. The van der Waals surface area contributed by atoms with E-state index in [1.807, 2.05) is 24.4 Å². The highest BCUT2D eigenvalue weighted by Gasteiger charge is 2.21. The third-order valence-corrected chi connectivity index (χ3v) is 5.00. The van der Waals surface area contributed by atoms with Crippen LogP contribution < -0.4 is 9.47 Å². The molecule has 1 aliphatic heterocycles. The Morgan fingerprint density at radius 2 is 2.11 bits per heavy atom. The summed E-state index contributed by atoms with van der Waals surface area (Å²) in [6.45, 7) is 4.67. The molecule has 1 aromatic carbocycles. The Kier molecular flexibility index (Phi) is 4.81. The predicted molar refractivity (Wildman–Crippen MR) is 102 cm³/mol. The first-order valence-electron chi connectivity index (χ1n) is 9.00. The van der Waals surface area contributed by atoms with Crippen LogP contribution in [0.4, 0.5) is 0 Å². The molecule has 0 amide bonds. The third-order valence-electron chi connectivity index (χ3n) is 5.00. The quantitative estimate of drug-likeness (QED) is 0.688. The summed E-state index contributed by atoms with van der Waals surface area (Å²) in [7, 11) is 3.37. The normalized spacial score (nSPS) is 14.0. The number of aryl methyl sites for hydroxylation is 1. The molecule has 0 spiro atoms. The zero-order valence-electron chi connectivity index (χ0n) is 15.9. The smallest absolute Gasteiger partial charge is 0.195 e. The maximum atomic E-state index is 5.59. The summed E-state index contributed by atoms with van der Waals surface area (Å²) in [5.41, 5.74) is 4.63. The molecule has 0 unspecified atom stereocenters. The molecular weight excluding hydrogens is 342 g/mol. The lowest BCUT2D eigenvalue weighted by molar-refractivity contribution is 0.238. The second kappa shape index (κ2) is 7.40. The zero-order chi connectivity index (χ0) is 18.8. The maximum Gasteiger partial charge on any atom is 0.195 e. The van der Waals surface area contributed by atoms with Gasteiger partial charge in [0.25, 0.3) is 0 Å². The van der Waals surface area contributed by atoms with Gasteiger partial charge in [0.1, 0.15) is 11.5 Å².